The van der Waals surface area contributed by atoms with Gasteiger partial charge in [0.1, 0.15) is 5.75 Å². The number of nitrogens with zero attached hydrogens (tertiary/aromatic N) is 2. The minimum absolute atomic E-state index is 0.0646. The van der Waals surface area contributed by atoms with Gasteiger partial charge in [0.2, 0.25) is 11.8 Å². The van der Waals surface area contributed by atoms with Crippen LogP contribution in [0, 0.1) is 17.8 Å². The third-order valence-electron chi connectivity index (χ3n) is 12.2. The van der Waals surface area contributed by atoms with Gasteiger partial charge in [0.25, 0.3) is 8.32 Å². The number of carbonyl (C=O) groups is 3. The molecule has 11 heteroatoms. The number of imide groups is 1. The van der Waals surface area contributed by atoms with E-state index in [1.165, 1.54) is 11.0 Å². The molecule has 4 atom stereocenters. The number of fused-ring (bicyclic) bond motifs is 3. The lowest BCUT2D eigenvalue weighted by atomic mass is 9.69. The van der Waals surface area contributed by atoms with Crippen molar-refractivity contribution in [1.82, 2.24) is 9.88 Å². The number of phenols is 1. The van der Waals surface area contributed by atoms with Gasteiger partial charge in [0.05, 0.1) is 41.9 Å². The number of unbranched alkanes of at least 4 members (excludes halogenated alkanes) is 2. The van der Waals surface area contributed by atoms with Crippen LogP contribution < -0.4 is 10.4 Å². The predicted molar refractivity (Wildman–Crippen MR) is 233 cm³/mol. The molecule has 9 nitrogen and oxygen atoms in total. The maximum Gasteiger partial charge on any atom is 0.303 e. The number of aromatic hydroxyl groups is 1. The molecule has 0 bridgehead atoms. The van der Waals surface area contributed by atoms with E-state index in [2.05, 4.69) is 74.3 Å². The fourth-order valence-electron chi connectivity index (χ4n) is 9.51. The van der Waals surface area contributed by atoms with Crippen molar-refractivity contribution >= 4 is 59.7 Å². The zero-order chi connectivity index (χ0) is 41.7. The number of ether oxygens (including phenoxy) is 1. The molecule has 0 radical (unpaired) electrons. The van der Waals surface area contributed by atoms with E-state index in [9.17, 15) is 19.5 Å². The largest absolute Gasteiger partial charge is 0.508 e. The molecule has 7 rings (SSSR count). The van der Waals surface area contributed by atoms with Crippen LogP contribution in [0.1, 0.15) is 77.0 Å². The van der Waals surface area contributed by atoms with E-state index in [0.717, 1.165) is 38.4 Å². The number of pyridine rings is 1. The molecule has 0 spiro atoms. The summed E-state index contributed by atoms with van der Waals surface area (Å²) in [5.74, 6) is -2.40. The van der Waals surface area contributed by atoms with Gasteiger partial charge in [-0.1, -0.05) is 106 Å². The Bertz CT molecular complexity index is 2170. The lowest BCUT2D eigenvalue weighted by Gasteiger charge is -2.44. The molecule has 0 unspecified atom stereocenters. The first-order valence-electron chi connectivity index (χ1n) is 20.6. The number of likely N-dealkylation sites (tertiary alicyclic amines) is 1. The Hall–Kier alpha value is -4.87. The number of aromatic nitrogens is 1. The highest BCUT2D eigenvalue weighted by molar-refractivity contribution is 6.99. The van der Waals surface area contributed by atoms with E-state index in [0.29, 0.717) is 56.8 Å². The number of amides is 2. The molecule has 2 aliphatic heterocycles. The fourth-order valence-corrected chi connectivity index (χ4v) is 14.3. The number of rotatable bonds is 16. The number of benzene rings is 3. The van der Waals surface area contributed by atoms with Crippen LogP contribution >= 0.6 is 11.6 Å². The summed E-state index contributed by atoms with van der Waals surface area (Å²) in [6, 6.07) is 31.7. The minimum Gasteiger partial charge on any atom is -0.508 e. The number of allylic oxidation sites excluding steroid dienone is 1. The molecule has 2 amide bonds. The first kappa shape index (κ1) is 42.3. The second kappa shape index (κ2) is 18.2. The second-order valence-corrected chi connectivity index (χ2v) is 21.7. The normalized spacial score (nSPS) is 20.9. The van der Waals surface area contributed by atoms with Crippen LogP contribution in [0.4, 0.5) is 0 Å². The number of phenolic OH excluding ortho intramolecular Hbond substituents is 1. The van der Waals surface area contributed by atoms with E-state index in [4.69, 9.17) is 25.9 Å². The van der Waals surface area contributed by atoms with Gasteiger partial charge >= 0.3 is 5.97 Å². The van der Waals surface area contributed by atoms with Crippen molar-refractivity contribution in [3.8, 4) is 5.75 Å². The predicted octanol–water partition coefficient (Wildman–Crippen LogP) is 8.30. The van der Waals surface area contributed by atoms with E-state index >= 15 is 0 Å². The molecule has 2 saturated heterocycles. The molecule has 59 heavy (non-hydrogen) atoms. The Morgan fingerprint density at radius 1 is 0.915 bits per heavy atom. The Labute approximate surface area is 352 Å². The SMILES string of the molecule is CC(C)(C)[Si](OCC1=C2[C@@H](CC/C(=C/c3ccc(O)cc3Cl)c3ccccn3)OC[C@@H]2[C@@H]2C(=O)N(CCCCCC(=O)O)C(=O)[C@@H]2C1)(c1ccccc1)c1ccccc1. The monoisotopic (exact) mass is 832 g/mol. The number of aliphatic carboxylic acids is 1. The van der Waals surface area contributed by atoms with Crippen molar-refractivity contribution in [3.05, 3.63) is 131 Å². The van der Waals surface area contributed by atoms with Crippen LogP contribution in [0.2, 0.25) is 10.1 Å². The van der Waals surface area contributed by atoms with Gasteiger partial charge in [0.15, 0.2) is 0 Å². The van der Waals surface area contributed by atoms with Crippen molar-refractivity contribution in [2.24, 2.45) is 17.8 Å². The zero-order valence-electron chi connectivity index (χ0n) is 34.0. The summed E-state index contributed by atoms with van der Waals surface area (Å²) in [7, 11) is -2.97. The molecular formula is C48H53ClN2O7Si. The third-order valence-corrected chi connectivity index (χ3v) is 17.5. The van der Waals surface area contributed by atoms with Crippen molar-refractivity contribution in [1.29, 1.82) is 0 Å². The molecule has 1 aliphatic carbocycles. The van der Waals surface area contributed by atoms with E-state index in [1.54, 1.807) is 18.3 Å². The molecule has 308 valence electrons. The van der Waals surface area contributed by atoms with Crippen LogP contribution in [-0.2, 0) is 23.5 Å². The highest BCUT2D eigenvalue weighted by Gasteiger charge is 2.57. The number of carbonyl (C=O) groups excluding carboxylic acids is 2. The van der Waals surface area contributed by atoms with Crippen LogP contribution in [-0.4, -0.2) is 72.1 Å². The zero-order valence-corrected chi connectivity index (χ0v) is 35.7. The molecule has 3 heterocycles. The summed E-state index contributed by atoms with van der Waals surface area (Å²) in [4.78, 5) is 45.7. The summed E-state index contributed by atoms with van der Waals surface area (Å²) >= 11 is 6.58. The maximum absolute atomic E-state index is 14.3. The standard InChI is InChI=1S/C48H53ClN2O7Si/c1-48(2,3)59(36-15-7-4-8-16-36,37-17-9-5-10-18-37)58-30-34-28-38-45(47(56)51(46(38)55)26-14-6-11-20-43(53)54)39-31-57-42(44(34)39)24-22-33(41-19-12-13-25-50-41)27-32-21-23-35(52)29-40(32)49/h4-5,7-10,12-13,15-19,21,23,25,27,29,38-39,42,45,52H,6,11,14,20,22,24,26,28,30-31H2,1-3H3,(H,53,54)/b33-27-/t38-,39+,42-,45-/m1/s1. The topological polar surface area (TPSA) is 126 Å². The summed E-state index contributed by atoms with van der Waals surface area (Å²) in [5.41, 5.74) is 4.60. The Morgan fingerprint density at radius 3 is 2.24 bits per heavy atom. The van der Waals surface area contributed by atoms with Gasteiger partial charge < -0.3 is 19.4 Å². The number of carboxylic acid groups (broad SMARTS) is 1. The first-order valence-corrected chi connectivity index (χ1v) is 22.9. The van der Waals surface area contributed by atoms with Gasteiger partial charge in [-0.15, -0.1) is 0 Å². The average molecular weight is 833 g/mol. The molecule has 2 fully saturated rings. The van der Waals surface area contributed by atoms with Crippen LogP contribution in [0.25, 0.3) is 11.6 Å². The third kappa shape index (κ3) is 8.87. The van der Waals surface area contributed by atoms with Crippen LogP contribution in [0.5, 0.6) is 5.75 Å². The van der Waals surface area contributed by atoms with Gasteiger partial charge in [0, 0.05) is 25.1 Å². The molecule has 3 aromatic carbocycles. The number of carboxylic acids is 1. The highest BCUT2D eigenvalue weighted by atomic mass is 35.5. The Morgan fingerprint density at radius 2 is 1.61 bits per heavy atom. The lowest BCUT2D eigenvalue weighted by Crippen LogP contribution is -2.66. The number of halogens is 1. The van der Waals surface area contributed by atoms with Crippen LogP contribution in [0.15, 0.2) is 114 Å². The van der Waals surface area contributed by atoms with Crippen molar-refractivity contribution in [2.45, 2.75) is 76.9 Å². The fraction of sp³-hybridized carbons (Fsp3) is 0.375. The molecule has 3 aliphatic rings. The maximum atomic E-state index is 14.3. The summed E-state index contributed by atoms with van der Waals surface area (Å²) in [6.07, 6.45) is 6.77. The minimum atomic E-state index is -2.97. The molecule has 2 N–H and O–H groups in total. The number of hydrogen-bond acceptors (Lipinski definition) is 7. The highest BCUT2D eigenvalue weighted by Crippen LogP contribution is 2.51. The average Bonchev–Trinajstić information content (AvgIpc) is 3.75. The summed E-state index contributed by atoms with van der Waals surface area (Å²) in [5, 5.41) is 21.6. The van der Waals surface area contributed by atoms with Crippen molar-refractivity contribution < 1.29 is 33.8 Å². The van der Waals surface area contributed by atoms with Gasteiger partial charge in [-0.2, -0.15) is 0 Å². The first-order chi connectivity index (χ1) is 28.4. The molecule has 0 saturated carbocycles. The lowest BCUT2D eigenvalue weighted by molar-refractivity contribution is -0.141. The summed E-state index contributed by atoms with van der Waals surface area (Å²) in [6.45, 7) is 7.64. The molecule has 1 aromatic heterocycles. The molecule has 4 aromatic rings. The van der Waals surface area contributed by atoms with Gasteiger partial charge in [-0.05, 0) is 106 Å². The smallest absolute Gasteiger partial charge is 0.303 e. The van der Waals surface area contributed by atoms with Crippen molar-refractivity contribution in [3.63, 3.8) is 0 Å². The van der Waals surface area contributed by atoms with E-state index < -0.39 is 26.1 Å². The molecular weight excluding hydrogens is 780 g/mol. The van der Waals surface area contributed by atoms with E-state index in [-0.39, 0.29) is 47.6 Å². The summed E-state index contributed by atoms with van der Waals surface area (Å²) < 4.78 is 14.2. The van der Waals surface area contributed by atoms with E-state index in [1.807, 2.05) is 36.4 Å². The van der Waals surface area contributed by atoms with Gasteiger partial charge in [-0.3, -0.25) is 24.3 Å². The Balaban J connectivity index is 1.25. The van der Waals surface area contributed by atoms with Crippen molar-refractivity contribution in [2.75, 3.05) is 19.8 Å². The van der Waals surface area contributed by atoms with Crippen LogP contribution in [0.3, 0.4) is 0 Å². The quantitative estimate of drug-likeness (QED) is 0.0500. The van der Waals surface area contributed by atoms with Gasteiger partial charge in [-0.25, -0.2) is 0 Å². The second-order valence-electron chi connectivity index (χ2n) is 16.9. The Kier molecular flexibility index (Phi) is 13.0. The number of hydrogen-bond donors (Lipinski definition) is 2.